The van der Waals surface area contributed by atoms with Crippen LogP contribution in [0, 0.1) is 5.82 Å². The summed E-state index contributed by atoms with van der Waals surface area (Å²) in [5.74, 6) is -0.735. The second kappa shape index (κ2) is 7.79. The molecule has 7 nitrogen and oxygen atoms in total. The van der Waals surface area contributed by atoms with Gasteiger partial charge in [-0.2, -0.15) is 4.31 Å². The number of furan rings is 1. The molecule has 3 rings (SSSR count). The summed E-state index contributed by atoms with van der Waals surface area (Å²) in [4.78, 5) is 13.5. The molecule has 0 bridgehead atoms. The maximum absolute atomic E-state index is 13.5. The van der Waals surface area contributed by atoms with Crippen LogP contribution in [0.5, 0.6) is 0 Å². The summed E-state index contributed by atoms with van der Waals surface area (Å²) in [6.07, 6.45) is 1.67. The number of carbonyl (C=O) groups excluding carboxylic acids is 1. The van der Waals surface area contributed by atoms with Gasteiger partial charge in [0, 0.05) is 13.1 Å². The first-order valence-corrected chi connectivity index (χ1v) is 10.1. The molecule has 0 radical (unpaired) electrons. The van der Waals surface area contributed by atoms with Crippen molar-refractivity contribution in [3.05, 3.63) is 53.5 Å². The van der Waals surface area contributed by atoms with E-state index in [4.69, 9.17) is 10.2 Å². The Balaban J connectivity index is 1.78. The fraction of sp³-hybridized carbons (Fsp3) is 0.389. The summed E-state index contributed by atoms with van der Waals surface area (Å²) in [6.45, 7) is 1.11. The van der Waals surface area contributed by atoms with Crippen molar-refractivity contribution in [3.63, 3.8) is 0 Å². The number of halogens is 1. The van der Waals surface area contributed by atoms with Gasteiger partial charge in [0.2, 0.25) is 11.0 Å². The zero-order chi connectivity index (χ0) is 19.6. The van der Waals surface area contributed by atoms with E-state index < -0.39 is 27.8 Å². The first-order chi connectivity index (χ1) is 12.8. The molecule has 2 heterocycles. The van der Waals surface area contributed by atoms with E-state index >= 15 is 0 Å². The largest absolute Gasteiger partial charge is 0.447 e. The minimum Gasteiger partial charge on any atom is -0.447 e. The fourth-order valence-corrected chi connectivity index (χ4v) is 4.73. The summed E-state index contributed by atoms with van der Waals surface area (Å²) < 4.78 is 45.5. The smallest absolute Gasteiger partial charge is 0.276 e. The molecular weight excluding hydrogens is 373 g/mol. The summed E-state index contributed by atoms with van der Waals surface area (Å²) in [7, 11) is -2.00. The van der Waals surface area contributed by atoms with Crippen molar-refractivity contribution in [3.8, 4) is 0 Å². The molecule has 1 fully saturated rings. The third-order valence-electron chi connectivity index (χ3n) is 4.58. The molecule has 2 aromatic rings. The third-order valence-corrected chi connectivity index (χ3v) is 6.35. The second-order valence-electron chi connectivity index (χ2n) is 6.61. The Bertz CT molecular complexity index is 922. The molecule has 9 heteroatoms. The SMILES string of the molecule is CN(Cc1ccc(S(=O)(=O)N2CCCC2)o1)C(C(N)=O)c1cccc(F)c1. The van der Waals surface area contributed by atoms with Crippen molar-refractivity contribution in [2.45, 2.75) is 30.5 Å². The Morgan fingerprint density at radius 2 is 2.00 bits per heavy atom. The van der Waals surface area contributed by atoms with Gasteiger partial charge in [0.1, 0.15) is 17.6 Å². The molecular formula is C18H22FN3O4S. The van der Waals surface area contributed by atoms with Crippen molar-refractivity contribution in [1.82, 2.24) is 9.21 Å². The lowest BCUT2D eigenvalue weighted by Crippen LogP contribution is -2.35. The van der Waals surface area contributed by atoms with E-state index in [2.05, 4.69) is 0 Å². The van der Waals surface area contributed by atoms with Crippen LogP contribution >= 0.6 is 0 Å². The predicted molar refractivity (Wildman–Crippen MR) is 96.5 cm³/mol. The zero-order valence-corrected chi connectivity index (χ0v) is 15.8. The predicted octanol–water partition coefficient (Wildman–Crippen LogP) is 1.86. The average Bonchev–Trinajstić information content (AvgIpc) is 3.27. The maximum Gasteiger partial charge on any atom is 0.276 e. The molecule has 1 aliphatic rings. The minimum atomic E-state index is -3.64. The highest BCUT2D eigenvalue weighted by molar-refractivity contribution is 7.89. The van der Waals surface area contributed by atoms with Crippen LogP contribution in [-0.4, -0.2) is 43.7 Å². The standard InChI is InChI=1S/C18H22FN3O4S/c1-21(17(18(20)23)13-5-4-6-14(19)11-13)12-15-7-8-16(26-15)27(24,25)22-9-2-3-10-22/h4-8,11,17H,2-3,9-10,12H2,1H3,(H2,20,23). The van der Waals surface area contributed by atoms with E-state index in [0.717, 1.165) is 12.8 Å². The van der Waals surface area contributed by atoms with E-state index in [1.54, 1.807) is 24.1 Å². The van der Waals surface area contributed by atoms with Crippen molar-refractivity contribution in [2.24, 2.45) is 5.73 Å². The topological polar surface area (TPSA) is 96.8 Å². The second-order valence-corrected chi connectivity index (χ2v) is 8.48. The first-order valence-electron chi connectivity index (χ1n) is 8.63. The van der Waals surface area contributed by atoms with E-state index in [9.17, 15) is 17.6 Å². The van der Waals surface area contributed by atoms with Gasteiger partial charge in [-0.15, -0.1) is 0 Å². The van der Waals surface area contributed by atoms with Crippen LogP contribution in [0.1, 0.15) is 30.2 Å². The lowest BCUT2D eigenvalue weighted by atomic mass is 10.0. The van der Waals surface area contributed by atoms with Gasteiger partial charge in [0.15, 0.2) is 0 Å². The monoisotopic (exact) mass is 395 g/mol. The van der Waals surface area contributed by atoms with Crippen molar-refractivity contribution >= 4 is 15.9 Å². The molecule has 1 aromatic carbocycles. The van der Waals surface area contributed by atoms with Crippen LogP contribution in [0.4, 0.5) is 4.39 Å². The van der Waals surface area contributed by atoms with E-state index in [-0.39, 0.29) is 11.6 Å². The molecule has 0 aliphatic carbocycles. The van der Waals surface area contributed by atoms with Gasteiger partial charge >= 0.3 is 0 Å². The van der Waals surface area contributed by atoms with Crippen LogP contribution < -0.4 is 5.73 Å². The van der Waals surface area contributed by atoms with Gasteiger partial charge in [-0.25, -0.2) is 12.8 Å². The molecule has 1 aliphatic heterocycles. The van der Waals surface area contributed by atoms with Gasteiger partial charge in [-0.05, 0) is 49.7 Å². The molecule has 1 amide bonds. The number of rotatable bonds is 7. The van der Waals surface area contributed by atoms with Crippen LogP contribution in [0.3, 0.4) is 0 Å². The third kappa shape index (κ3) is 4.20. The zero-order valence-electron chi connectivity index (χ0n) is 15.0. The lowest BCUT2D eigenvalue weighted by molar-refractivity contribution is -0.123. The Labute approximate surface area is 157 Å². The van der Waals surface area contributed by atoms with Crippen LogP contribution in [-0.2, 0) is 21.4 Å². The van der Waals surface area contributed by atoms with E-state index in [1.165, 1.54) is 28.6 Å². The van der Waals surface area contributed by atoms with Crippen molar-refractivity contribution in [1.29, 1.82) is 0 Å². The number of primary amides is 1. The van der Waals surface area contributed by atoms with Crippen LogP contribution in [0.15, 0.2) is 45.9 Å². The minimum absolute atomic E-state index is 0.116. The molecule has 1 saturated heterocycles. The van der Waals surface area contributed by atoms with Crippen LogP contribution in [0.2, 0.25) is 0 Å². The molecule has 0 saturated carbocycles. The summed E-state index contributed by atoms with van der Waals surface area (Å²) >= 11 is 0. The number of hydrogen-bond acceptors (Lipinski definition) is 5. The molecule has 2 N–H and O–H groups in total. The Morgan fingerprint density at radius 3 is 2.63 bits per heavy atom. The normalized spacial score (nSPS) is 16.7. The van der Waals surface area contributed by atoms with Crippen molar-refractivity contribution < 1.29 is 22.0 Å². The Kier molecular flexibility index (Phi) is 5.64. The van der Waals surface area contributed by atoms with E-state index in [0.29, 0.717) is 24.4 Å². The van der Waals surface area contributed by atoms with Gasteiger partial charge in [0.05, 0.1) is 6.54 Å². The van der Waals surface area contributed by atoms with Crippen molar-refractivity contribution in [2.75, 3.05) is 20.1 Å². The van der Waals surface area contributed by atoms with Gasteiger partial charge in [-0.3, -0.25) is 9.69 Å². The van der Waals surface area contributed by atoms with Gasteiger partial charge < -0.3 is 10.2 Å². The van der Waals surface area contributed by atoms with Gasteiger partial charge in [0.25, 0.3) is 10.0 Å². The highest BCUT2D eigenvalue weighted by Gasteiger charge is 2.30. The lowest BCUT2D eigenvalue weighted by Gasteiger charge is -2.25. The summed E-state index contributed by atoms with van der Waals surface area (Å²) in [6, 6.07) is 7.74. The highest BCUT2D eigenvalue weighted by atomic mass is 32.2. The fourth-order valence-electron chi connectivity index (χ4n) is 3.29. The summed E-state index contributed by atoms with van der Waals surface area (Å²) in [5.41, 5.74) is 5.91. The number of nitrogens with two attached hydrogens (primary N) is 1. The number of nitrogens with zero attached hydrogens (tertiary/aromatic N) is 2. The quantitative estimate of drug-likeness (QED) is 0.772. The molecule has 0 spiro atoms. The maximum atomic E-state index is 13.5. The molecule has 146 valence electrons. The first kappa shape index (κ1) is 19.5. The highest BCUT2D eigenvalue weighted by Crippen LogP contribution is 2.26. The number of benzene rings is 1. The van der Waals surface area contributed by atoms with Crippen LogP contribution in [0.25, 0.3) is 0 Å². The molecule has 1 aromatic heterocycles. The number of sulfonamides is 1. The molecule has 27 heavy (non-hydrogen) atoms. The number of carbonyl (C=O) groups is 1. The number of amides is 1. The molecule has 1 unspecified atom stereocenters. The Hall–Kier alpha value is -2.23. The number of hydrogen-bond donors (Lipinski definition) is 1. The number of likely N-dealkylation sites (N-methyl/N-ethyl adjacent to an activating group) is 1. The Morgan fingerprint density at radius 1 is 1.30 bits per heavy atom. The molecule has 1 atom stereocenters. The average molecular weight is 395 g/mol. The van der Waals surface area contributed by atoms with Gasteiger partial charge in [-0.1, -0.05) is 12.1 Å². The summed E-state index contributed by atoms with van der Waals surface area (Å²) in [5, 5.41) is -0.116. The van der Waals surface area contributed by atoms with E-state index in [1.807, 2.05) is 0 Å².